The average Bonchev–Trinajstić information content (AvgIpc) is 2.60. The summed E-state index contributed by atoms with van der Waals surface area (Å²) in [5.41, 5.74) is 1.10. The van der Waals surface area contributed by atoms with Crippen LogP contribution in [0.25, 0.3) is 0 Å². The van der Waals surface area contributed by atoms with Gasteiger partial charge >= 0.3 is 0 Å². The standard InChI is InChI=1S/C19H19ClF2N2O/c1-13(17-4-2-3-5-18(17)20)23-6-8-24(9-7-23)19(25)14-10-15(21)12-16(22)11-14/h2-5,10-13H,6-9H2,1H3. The monoisotopic (exact) mass is 364 g/mol. The first-order valence-corrected chi connectivity index (χ1v) is 8.57. The van der Waals surface area contributed by atoms with E-state index in [1.165, 1.54) is 0 Å². The molecule has 0 saturated carbocycles. The number of halogens is 3. The third-order valence-electron chi connectivity index (χ3n) is 4.61. The molecule has 2 aromatic rings. The molecular weight excluding hydrogens is 346 g/mol. The van der Waals surface area contributed by atoms with Gasteiger partial charge in [-0.05, 0) is 30.7 Å². The van der Waals surface area contributed by atoms with Gasteiger partial charge in [-0.1, -0.05) is 29.8 Å². The quantitative estimate of drug-likeness (QED) is 0.817. The molecule has 1 aliphatic heterocycles. The molecule has 1 heterocycles. The molecule has 1 amide bonds. The fraction of sp³-hybridized carbons (Fsp3) is 0.316. The van der Waals surface area contributed by atoms with E-state index in [1.807, 2.05) is 24.3 Å². The number of piperazine rings is 1. The third-order valence-corrected chi connectivity index (χ3v) is 4.96. The predicted octanol–water partition coefficient (Wildman–Crippen LogP) is 4.14. The van der Waals surface area contributed by atoms with Crippen LogP contribution in [0.5, 0.6) is 0 Å². The number of nitrogens with zero attached hydrogens (tertiary/aromatic N) is 2. The van der Waals surface area contributed by atoms with Crippen molar-refractivity contribution in [1.82, 2.24) is 9.80 Å². The highest BCUT2D eigenvalue weighted by Gasteiger charge is 2.26. The molecular formula is C19H19ClF2N2O. The van der Waals surface area contributed by atoms with Crippen LogP contribution in [0.4, 0.5) is 8.78 Å². The average molecular weight is 365 g/mol. The maximum absolute atomic E-state index is 13.3. The molecule has 1 unspecified atom stereocenters. The number of carbonyl (C=O) groups is 1. The van der Waals surface area contributed by atoms with Gasteiger partial charge in [0, 0.05) is 48.9 Å². The molecule has 3 rings (SSSR count). The second-order valence-corrected chi connectivity index (χ2v) is 6.59. The summed E-state index contributed by atoms with van der Waals surface area (Å²) >= 11 is 6.26. The summed E-state index contributed by atoms with van der Waals surface area (Å²) < 4.78 is 26.6. The van der Waals surface area contributed by atoms with Gasteiger partial charge in [0.2, 0.25) is 0 Å². The Morgan fingerprint density at radius 2 is 1.64 bits per heavy atom. The lowest BCUT2D eigenvalue weighted by Gasteiger charge is -2.38. The molecule has 1 fully saturated rings. The Balaban J connectivity index is 1.65. The molecule has 0 spiro atoms. The van der Waals surface area contributed by atoms with E-state index in [-0.39, 0.29) is 17.5 Å². The van der Waals surface area contributed by atoms with Gasteiger partial charge in [0.05, 0.1) is 0 Å². The Bertz CT molecular complexity index is 756. The van der Waals surface area contributed by atoms with Crippen molar-refractivity contribution in [2.24, 2.45) is 0 Å². The van der Waals surface area contributed by atoms with Crippen molar-refractivity contribution >= 4 is 17.5 Å². The second kappa shape index (κ2) is 7.50. The molecule has 25 heavy (non-hydrogen) atoms. The van der Waals surface area contributed by atoms with Crippen LogP contribution in [0.3, 0.4) is 0 Å². The zero-order valence-corrected chi connectivity index (χ0v) is 14.6. The topological polar surface area (TPSA) is 23.6 Å². The zero-order valence-electron chi connectivity index (χ0n) is 13.9. The summed E-state index contributed by atoms with van der Waals surface area (Å²) in [6.45, 7) is 4.45. The van der Waals surface area contributed by atoms with Gasteiger partial charge in [0.15, 0.2) is 0 Å². The molecule has 0 aromatic heterocycles. The zero-order chi connectivity index (χ0) is 18.0. The van der Waals surface area contributed by atoms with E-state index in [0.29, 0.717) is 26.2 Å². The van der Waals surface area contributed by atoms with E-state index in [1.54, 1.807) is 4.90 Å². The largest absolute Gasteiger partial charge is 0.336 e. The smallest absolute Gasteiger partial charge is 0.254 e. The van der Waals surface area contributed by atoms with Crippen LogP contribution in [-0.2, 0) is 0 Å². The van der Waals surface area contributed by atoms with Crippen molar-refractivity contribution in [1.29, 1.82) is 0 Å². The van der Waals surface area contributed by atoms with Gasteiger partial charge in [-0.15, -0.1) is 0 Å². The van der Waals surface area contributed by atoms with Crippen molar-refractivity contribution in [3.05, 3.63) is 70.2 Å². The van der Waals surface area contributed by atoms with Crippen LogP contribution in [0, 0.1) is 11.6 Å². The van der Waals surface area contributed by atoms with Crippen molar-refractivity contribution in [3.8, 4) is 0 Å². The van der Waals surface area contributed by atoms with Gasteiger partial charge in [-0.25, -0.2) is 8.78 Å². The molecule has 0 N–H and O–H groups in total. The molecule has 1 aliphatic rings. The van der Waals surface area contributed by atoms with Crippen LogP contribution in [0.2, 0.25) is 5.02 Å². The van der Waals surface area contributed by atoms with Gasteiger partial charge in [0.1, 0.15) is 11.6 Å². The summed E-state index contributed by atoms with van der Waals surface area (Å²) in [4.78, 5) is 16.3. The van der Waals surface area contributed by atoms with Crippen LogP contribution in [0.1, 0.15) is 28.9 Å². The van der Waals surface area contributed by atoms with E-state index in [9.17, 15) is 13.6 Å². The summed E-state index contributed by atoms with van der Waals surface area (Å²) in [5, 5.41) is 0.726. The number of rotatable bonds is 3. The maximum Gasteiger partial charge on any atom is 0.254 e. The minimum atomic E-state index is -0.741. The van der Waals surface area contributed by atoms with Crippen molar-refractivity contribution in [3.63, 3.8) is 0 Å². The lowest BCUT2D eigenvalue weighted by molar-refractivity contribution is 0.0581. The molecule has 3 nitrogen and oxygen atoms in total. The lowest BCUT2D eigenvalue weighted by atomic mass is 10.1. The summed E-state index contributed by atoms with van der Waals surface area (Å²) in [6.07, 6.45) is 0. The molecule has 0 bridgehead atoms. The first kappa shape index (κ1) is 17.8. The fourth-order valence-corrected chi connectivity index (χ4v) is 3.48. The Hall–Kier alpha value is -1.98. The van der Waals surface area contributed by atoms with E-state index in [4.69, 9.17) is 11.6 Å². The minimum absolute atomic E-state index is 0.0464. The SMILES string of the molecule is CC(c1ccccc1Cl)N1CCN(C(=O)c2cc(F)cc(F)c2)CC1. The Morgan fingerprint density at radius 3 is 2.24 bits per heavy atom. The first-order chi connectivity index (χ1) is 12.0. The highest BCUT2D eigenvalue weighted by molar-refractivity contribution is 6.31. The summed E-state index contributed by atoms with van der Waals surface area (Å²) in [7, 11) is 0. The highest BCUT2D eigenvalue weighted by atomic mass is 35.5. The van der Waals surface area contributed by atoms with E-state index < -0.39 is 11.6 Å². The molecule has 0 aliphatic carbocycles. The van der Waals surface area contributed by atoms with Crippen LogP contribution < -0.4 is 0 Å². The lowest BCUT2D eigenvalue weighted by Crippen LogP contribution is -2.49. The molecule has 1 atom stereocenters. The third kappa shape index (κ3) is 3.99. The fourth-order valence-electron chi connectivity index (χ4n) is 3.18. The Kier molecular flexibility index (Phi) is 5.35. The van der Waals surface area contributed by atoms with Crippen molar-refractivity contribution in [2.75, 3.05) is 26.2 Å². The Morgan fingerprint density at radius 1 is 1.04 bits per heavy atom. The van der Waals surface area contributed by atoms with Crippen LogP contribution >= 0.6 is 11.6 Å². The van der Waals surface area contributed by atoms with Crippen LogP contribution in [0.15, 0.2) is 42.5 Å². The number of carbonyl (C=O) groups excluding carboxylic acids is 1. The highest BCUT2D eigenvalue weighted by Crippen LogP contribution is 2.28. The van der Waals surface area contributed by atoms with E-state index >= 15 is 0 Å². The number of amides is 1. The van der Waals surface area contributed by atoms with Gasteiger partial charge in [-0.2, -0.15) is 0 Å². The summed E-state index contributed by atoms with van der Waals surface area (Å²) in [5.74, 6) is -1.83. The molecule has 6 heteroatoms. The first-order valence-electron chi connectivity index (χ1n) is 8.19. The molecule has 0 radical (unpaired) electrons. The second-order valence-electron chi connectivity index (χ2n) is 6.18. The number of benzene rings is 2. The van der Waals surface area contributed by atoms with Gasteiger partial charge < -0.3 is 4.90 Å². The van der Waals surface area contributed by atoms with Crippen molar-refractivity contribution in [2.45, 2.75) is 13.0 Å². The Labute approximate surface area is 150 Å². The maximum atomic E-state index is 13.3. The molecule has 132 valence electrons. The minimum Gasteiger partial charge on any atom is -0.336 e. The summed E-state index contributed by atoms with van der Waals surface area (Å²) in [6, 6.07) is 10.8. The number of hydrogen-bond donors (Lipinski definition) is 0. The van der Waals surface area contributed by atoms with E-state index in [0.717, 1.165) is 28.8 Å². The molecule has 1 saturated heterocycles. The predicted molar refractivity (Wildman–Crippen MR) is 93.7 cm³/mol. The van der Waals surface area contributed by atoms with Gasteiger partial charge in [0.25, 0.3) is 5.91 Å². The molecule has 2 aromatic carbocycles. The normalized spacial score (nSPS) is 16.7. The van der Waals surface area contributed by atoms with Crippen molar-refractivity contribution < 1.29 is 13.6 Å². The van der Waals surface area contributed by atoms with E-state index in [2.05, 4.69) is 11.8 Å². The number of hydrogen-bond acceptors (Lipinski definition) is 2. The van der Waals surface area contributed by atoms with Gasteiger partial charge in [-0.3, -0.25) is 9.69 Å². The van der Waals surface area contributed by atoms with Crippen LogP contribution in [-0.4, -0.2) is 41.9 Å².